The first-order chi connectivity index (χ1) is 11.3. The third kappa shape index (κ3) is 2.89. The predicted molar refractivity (Wildman–Crippen MR) is 92.9 cm³/mol. The lowest BCUT2D eigenvalue weighted by Gasteiger charge is -2.09. The average molecular weight is 345 g/mol. The molecule has 0 aliphatic heterocycles. The van der Waals surface area contributed by atoms with E-state index in [1.54, 1.807) is 20.0 Å². The topological polar surface area (TPSA) is 69.3 Å². The smallest absolute Gasteiger partial charge is 0.408 e. The normalized spacial score (nSPS) is 12.0. The predicted octanol–water partition coefficient (Wildman–Crippen LogP) is 2.98. The second kappa shape index (κ2) is 5.94. The number of oxazole rings is 1. The largest absolute Gasteiger partial charge is 0.419 e. The van der Waals surface area contributed by atoms with Crippen LogP contribution >= 0.6 is 0 Å². The number of aromatic nitrogens is 1. The molecule has 0 aliphatic rings. The van der Waals surface area contributed by atoms with E-state index < -0.39 is 15.6 Å². The molecular formula is C18H19NO4S. The van der Waals surface area contributed by atoms with Crippen LogP contribution in [0.5, 0.6) is 0 Å². The van der Waals surface area contributed by atoms with E-state index in [1.165, 1.54) is 10.6 Å². The first-order valence-corrected chi connectivity index (χ1v) is 9.38. The van der Waals surface area contributed by atoms with E-state index in [2.05, 4.69) is 0 Å². The molecule has 3 rings (SSSR count). The van der Waals surface area contributed by atoms with Crippen LogP contribution in [0, 0.1) is 6.92 Å². The Bertz CT molecular complexity index is 1070. The number of rotatable bonds is 4. The van der Waals surface area contributed by atoms with Gasteiger partial charge in [0.15, 0.2) is 15.4 Å². The highest BCUT2D eigenvalue weighted by Crippen LogP contribution is 2.25. The summed E-state index contributed by atoms with van der Waals surface area (Å²) in [4.78, 5) is 11.8. The molecule has 2 aromatic carbocycles. The number of hydrogen-bond donors (Lipinski definition) is 0. The molecule has 1 aromatic heterocycles. The van der Waals surface area contributed by atoms with E-state index in [0.29, 0.717) is 16.7 Å². The van der Waals surface area contributed by atoms with Gasteiger partial charge in [0.25, 0.3) is 0 Å². The van der Waals surface area contributed by atoms with Crippen molar-refractivity contribution in [1.82, 2.24) is 4.57 Å². The van der Waals surface area contributed by atoms with Crippen molar-refractivity contribution in [2.75, 3.05) is 0 Å². The minimum Gasteiger partial charge on any atom is -0.408 e. The molecule has 0 saturated heterocycles. The molecule has 3 aromatic rings. The molecule has 0 spiro atoms. The highest BCUT2D eigenvalue weighted by molar-refractivity contribution is 7.90. The lowest BCUT2D eigenvalue weighted by Crippen LogP contribution is -2.10. The van der Waals surface area contributed by atoms with Crippen LogP contribution in [0.25, 0.3) is 11.1 Å². The number of nitrogens with zero attached hydrogens (tertiary/aromatic N) is 1. The van der Waals surface area contributed by atoms with Crippen LogP contribution < -0.4 is 5.76 Å². The van der Waals surface area contributed by atoms with Crippen molar-refractivity contribution in [3.8, 4) is 0 Å². The lowest BCUT2D eigenvalue weighted by atomic mass is 10.1. The summed E-state index contributed by atoms with van der Waals surface area (Å²) in [7, 11) is -1.96. The second-order valence-corrected chi connectivity index (χ2v) is 7.90. The van der Waals surface area contributed by atoms with Crippen LogP contribution in [0.4, 0.5) is 0 Å². The summed E-state index contributed by atoms with van der Waals surface area (Å²) in [6.07, 6.45) is 0.857. The Hall–Kier alpha value is -2.34. The molecule has 0 radical (unpaired) electrons. The molecule has 6 heteroatoms. The molecule has 24 heavy (non-hydrogen) atoms. The number of aryl methyl sites for hydroxylation is 3. The average Bonchev–Trinajstić information content (AvgIpc) is 2.80. The minimum atomic E-state index is -3.52. The molecule has 126 valence electrons. The number of benzene rings is 2. The van der Waals surface area contributed by atoms with Crippen LogP contribution in [-0.2, 0) is 29.1 Å². The van der Waals surface area contributed by atoms with Crippen molar-refractivity contribution in [2.24, 2.45) is 7.05 Å². The summed E-state index contributed by atoms with van der Waals surface area (Å²) in [6, 6.07) is 10.7. The van der Waals surface area contributed by atoms with Gasteiger partial charge in [-0.3, -0.25) is 4.57 Å². The Morgan fingerprint density at radius 3 is 2.54 bits per heavy atom. The third-order valence-electron chi connectivity index (χ3n) is 4.18. The maximum atomic E-state index is 12.9. The van der Waals surface area contributed by atoms with Crippen molar-refractivity contribution in [3.63, 3.8) is 0 Å². The van der Waals surface area contributed by atoms with Crippen LogP contribution in [-0.4, -0.2) is 13.0 Å². The highest BCUT2D eigenvalue weighted by Gasteiger charge is 2.21. The summed E-state index contributed by atoms with van der Waals surface area (Å²) >= 11 is 0. The zero-order valence-electron chi connectivity index (χ0n) is 13.9. The molecule has 1 heterocycles. The van der Waals surface area contributed by atoms with Gasteiger partial charge >= 0.3 is 5.76 Å². The summed E-state index contributed by atoms with van der Waals surface area (Å²) in [5, 5.41) is 0. The van der Waals surface area contributed by atoms with Gasteiger partial charge in [0.2, 0.25) is 0 Å². The highest BCUT2D eigenvalue weighted by atomic mass is 32.2. The van der Waals surface area contributed by atoms with Gasteiger partial charge in [-0.25, -0.2) is 13.2 Å². The lowest BCUT2D eigenvalue weighted by molar-refractivity contribution is 0.528. The maximum absolute atomic E-state index is 12.9. The van der Waals surface area contributed by atoms with E-state index in [9.17, 15) is 13.2 Å². The van der Waals surface area contributed by atoms with Gasteiger partial charge in [-0.15, -0.1) is 0 Å². The summed E-state index contributed by atoms with van der Waals surface area (Å²) in [5.41, 5.74) is 3.31. The van der Waals surface area contributed by atoms with Gasteiger partial charge in [0.05, 0.1) is 16.2 Å². The maximum Gasteiger partial charge on any atom is 0.419 e. The molecule has 0 bridgehead atoms. The zero-order valence-corrected chi connectivity index (χ0v) is 14.7. The van der Waals surface area contributed by atoms with Crippen molar-refractivity contribution >= 4 is 20.9 Å². The molecule has 0 aliphatic carbocycles. The molecule has 0 amide bonds. The first kappa shape index (κ1) is 16.5. The molecule has 0 fully saturated rings. The van der Waals surface area contributed by atoms with Crippen molar-refractivity contribution in [1.29, 1.82) is 0 Å². The number of hydrogen-bond acceptors (Lipinski definition) is 4. The van der Waals surface area contributed by atoms with Gasteiger partial charge < -0.3 is 4.42 Å². The van der Waals surface area contributed by atoms with Gasteiger partial charge in [-0.05, 0) is 42.2 Å². The van der Waals surface area contributed by atoms with Crippen molar-refractivity contribution < 1.29 is 12.8 Å². The zero-order chi connectivity index (χ0) is 17.5. The van der Waals surface area contributed by atoms with Crippen LogP contribution in [0.2, 0.25) is 0 Å². The monoisotopic (exact) mass is 345 g/mol. The summed E-state index contributed by atoms with van der Waals surface area (Å²) in [6.45, 7) is 3.74. The van der Waals surface area contributed by atoms with Gasteiger partial charge in [0.1, 0.15) is 0 Å². The van der Waals surface area contributed by atoms with E-state index in [-0.39, 0.29) is 10.6 Å². The quantitative estimate of drug-likeness (QED) is 0.729. The number of sulfone groups is 1. The van der Waals surface area contributed by atoms with E-state index in [0.717, 1.165) is 17.5 Å². The summed E-state index contributed by atoms with van der Waals surface area (Å²) in [5.74, 6) is -0.575. The molecule has 0 N–H and O–H groups in total. The van der Waals surface area contributed by atoms with E-state index in [4.69, 9.17) is 4.42 Å². The number of fused-ring (bicyclic) bond motifs is 1. The standard InChI is InChI=1S/C18H19NO4S/c1-4-13-6-5-7-14(9-13)11-24(21,22)17-10-15-16(8-12(17)2)23-18(20)19(15)3/h5-10H,4,11H2,1-3H3. The molecule has 0 atom stereocenters. The molecule has 5 nitrogen and oxygen atoms in total. The Labute approximate surface area is 140 Å². The fourth-order valence-electron chi connectivity index (χ4n) is 2.83. The first-order valence-electron chi connectivity index (χ1n) is 7.72. The van der Waals surface area contributed by atoms with Crippen molar-refractivity contribution in [3.05, 3.63) is 63.6 Å². The molecular weight excluding hydrogens is 326 g/mol. The van der Waals surface area contributed by atoms with Crippen LogP contribution in [0.3, 0.4) is 0 Å². The van der Waals surface area contributed by atoms with Crippen molar-refractivity contribution in [2.45, 2.75) is 30.9 Å². The van der Waals surface area contributed by atoms with Gasteiger partial charge in [-0.1, -0.05) is 31.2 Å². The van der Waals surface area contributed by atoms with E-state index in [1.807, 2.05) is 31.2 Å². The third-order valence-corrected chi connectivity index (χ3v) is 6.00. The second-order valence-electron chi connectivity index (χ2n) is 5.95. The fraction of sp³-hybridized carbons (Fsp3) is 0.278. The van der Waals surface area contributed by atoms with Crippen LogP contribution in [0.15, 0.2) is 50.5 Å². The van der Waals surface area contributed by atoms with Gasteiger partial charge in [0, 0.05) is 7.05 Å². The van der Waals surface area contributed by atoms with Crippen LogP contribution in [0.1, 0.15) is 23.6 Å². The Morgan fingerprint density at radius 1 is 1.12 bits per heavy atom. The Kier molecular flexibility index (Phi) is 4.09. The Morgan fingerprint density at radius 2 is 1.83 bits per heavy atom. The van der Waals surface area contributed by atoms with E-state index >= 15 is 0 Å². The SMILES string of the molecule is CCc1cccc(CS(=O)(=O)c2cc3c(cc2C)oc(=O)n3C)c1. The molecule has 0 saturated carbocycles. The molecule has 0 unspecified atom stereocenters. The minimum absolute atomic E-state index is 0.0705. The summed E-state index contributed by atoms with van der Waals surface area (Å²) < 4.78 is 32.2. The Balaban J connectivity index is 2.08. The fourth-order valence-corrected chi connectivity index (χ4v) is 4.44. The van der Waals surface area contributed by atoms with Gasteiger partial charge in [-0.2, -0.15) is 0 Å².